The number of pyridine rings is 2. The van der Waals surface area contributed by atoms with Crippen LogP contribution < -0.4 is 5.73 Å². The van der Waals surface area contributed by atoms with Gasteiger partial charge < -0.3 is 5.73 Å². The Bertz CT molecular complexity index is 659. The molecule has 0 saturated heterocycles. The number of para-hydroxylation sites is 1. The van der Waals surface area contributed by atoms with Crippen LogP contribution >= 0.6 is 0 Å². The minimum Gasteiger partial charge on any atom is -0.320 e. The van der Waals surface area contributed by atoms with Crippen molar-refractivity contribution >= 4 is 10.9 Å². The lowest BCUT2D eigenvalue weighted by atomic mass is 9.98. The molecule has 0 bridgehead atoms. The van der Waals surface area contributed by atoms with Crippen LogP contribution in [0.15, 0.2) is 61.1 Å². The minimum atomic E-state index is -0.174. The average molecular weight is 235 g/mol. The molecule has 3 heteroatoms. The van der Waals surface area contributed by atoms with Crippen LogP contribution in [0.1, 0.15) is 17.2 Å². The summed E-state index contributed by atoms with van der Waals surface area (Å²) in [5, 5.41) is 1.09. The molecule has 0 radical (unpaired) electrons. The van der Waals surface area contributed by atoms with Crippen LogP contribution in [0.25, 0.3) is 10.9 Å². The number of rotatable bonds is 2. The Labute approximate surface area is 105 Å². The number of hydrogen-bond donors (Lipinski definition) is 1. The van der Waals surface area contributed by atoms with Crippen LogP contribution in [0.5, 0.6) is 0 Å². The fourth-order valence-electron chi connectivity index (χ4n) is 2.13. The van der Waals surface area contributed by atoms with Crippen molar-refractivity contribution in [2.45, 2.75) is 6.04 Å². The van der Waals surface area contributed by atoms with Crippen molar-refractivity contribution in [3.8, 4) is 0 Å². The first-order chi connectivity index (χ1) is 8.86. The van der Waals surface area contributed by atoms with Crippen LogP contribution in [0.2, 0.25) is 0 Å². The van der Waals surface area contributed by atoms with E-state index in [4.69, 9.17) is 5.73 Å². The average Bonchev–Trinajstić information content (AvgIpc) is 2.47. The van der Waals surface area contributed by atoms with Crippen molar-refractivity contribution in [3.63, 3.8) is 0 Å². The predicted octanol–water partition coefficient (Wildman–Crippen LogP) is 2.68. The van der Waals surface area contributed by atoms with Crippen molar-refractivity contribution in [2.75, 3.05) is 0 Å². The number of hydrogen-bond acceptors (Lipinski definition) is 3. The van der Waals surface area contributed by atoms with E-state index in [9.17, 15) is 0 Å². The van der Waals surface area contributed by atoms with Crippen LogP contribution in [0.3, 0.4) is 0 Å². The van der Waals surface area contributed by atoms with E-state index >= 15 is 0 Å². The highest BCUT2D eigenvalue weighted by Gasteiger charge is 2.12. The maximum absolute atomic E-state index is 6.31. The molecule has 0 fully saturated rings. The van der Waals surface area contributed by atoms with Crippen LogP contribution in [0.4, 0.5) is 0 Å². The van der Waals surface area contributed by atoms with Gasteiger partial charge in [-0.25, -0.2) is 0 Å². The van der Waals surface area contributed by atoms with E-state index in [2.05, 4.69) is 9.97 Å². The Morgan fingerprint density at radius 2 is 1.83 bits per heavy atom. The van der Waals surface area contributed by atoms with Gasteiger partial charge in [0, 0.05) is 24.0 Å². The molecule has 0 amide bonds. The van der Waals surface area contributed by atoms with E-state index in [0.29, 0.717) is 0 Å². The first-order valence-corrected chi connectivity index (χ1v) is 5.85. The molecule has 0 aliphatic rings. The Morgan fingerprint density at radius 3 is 2.67 bits per heavy atom. The second kappa shape index (κ2) is 4.55. The summed E-state index contributed by atoms with van der Waals surface area (Å²) < 4.78 is 0. The van der Waals surface area contributed by atoms with Gasteiger partial charge in [-0.1, -0.05) is 24.3 Å². The molecule has 0 aliphatic heterocycles. The first kappa shape index (κ1) is 10.9. The number of nitrogens with zero attached hydrogens (tertiary/aromatic N) is 2. The molecule has 18 heavy (non-hydrogen) atoms. The molecule has 0 spiro atoms. The van der Waals surface area contributed by atoms with E-state index in [1.165, 1.54) is 0 Å². The Hall–Kier alpha value is -2.26. The van der Waals surface area contributed by atoms with Crippen molar-refractivity contribution < 1.29 is 0 Å². The normalized spacial score (nSPS) is 12.5. The quantitative estimate of drug-likeness (QED) is 0.743. The third-order valence-electron chi connectivity index (χ3n) is 3.06. The van der Waals surface area contributed by atoms with Gasteiger partial charge in [0.15, 0.2) is 0 Å². The first-order valence-electron chi connectivity index (χ1n) is 5.85. The lowest BCUT2D eigenvalue weighted by Gasteiger charge is -2.14. The zero-order valence-corrected chi connectivity index (χ0v) is 9.82. The molecule has 2 aromatic heterocycles. The third-order valence-corrected chi connectivity index (χ3v) is 3.06. The monoisotopic (exact) mass is 235 g/mol. The van der Waals surface area contributed by atoms with E-state index < -0.39 is 0 Å². The molecule has 1 aromatic carbocycles. The van der Waals surface area contributed by atoms with Crippen molar-refractivity contribution in [1.29, 1.82) is 0 Å². The summed E-state index contributed by atoms with van der Waals surface area (Å²) in [4.78, 5) is 8.46. The van der Waals surface area contributed by atoms with E-state index in [0.717, 1.165) is 22.0 Å². The molecular formula is C15H13N3. The molecule has 88 valence electrons. The molecule has 1 atom stereocenters. The molecule has 0 aliphatic carbocycles. The summed E-state index contributed by atoms with van der Waals surface area (Å²) in [6.07, 6.45) is 5.36. The zero-order valence-electron chi connectivity index (χ0n) is 9.82. The van der Waals surface area contributed by atoms with Crippen LogP contribution in [-0.4, -0.2) is 9.97 Å². The van der Waals surface area contributed by atoms with Gasteiger partial charge in [0.1, 0.15) is 0 Å². The Kier molecular flexibility index (Phi) is 2.74. The summed E-state index contributed by atoms with van der Waals surface area (Å²) in [5.41, 5.74) is 9.37. The van der Waals surface area contributed by atoms with Gasteiger partial charge in [-0.05, 0) is 29.3 Å². The number of benzene rings is 1. The van der Waals surface area contributed by atoms with Crippen LogP contribution in [-0.2, 0) is 0 Å². The zero-order chi connectivity index (χ0) is 12.4. The predicted molar refractivity (Wildman–Crippen MR) is 72.0 cm³/mol. The maximum atomic E-state index is 6.31. The third kappa shape index (κ3) is 1.85. The largest absolute Gasteiger partial charge is 0.320 e. The second-order valence-electron chi connectivity index (χ2n) is 4.18. The standard InChI is InChI=1S/C15H13N3/c16-15(11-4-3-8-17-10-11)13-7-9-18-14-6-2-1-5-12(13)14/h1-10,15H,16H2. The highest BCUT2D eigenvalue weighted by Crippen LogP contribution is 2.25. The van der Waals surface area contributed by atoms with Gasteiger partial charge in [0.05, 0.1) is 11.6 Å². The van der Waals surface area contributed by atoms with Crippen molar-refractivity contribution in [3.05, 3.63) is 72.2 Å². The highest BCUT2D eigenvalue weighted by molar-refractivity contribution is 5.82. The Balaban J connectivity index is 2.15. The fraction of sp³-hybridized carbons (Fsp3) is 0.0667. The van der Waals surface area contributed by atoms with Gasteiger partial charge >= 0.3 is 0 Å². The van der Waals surface area contributed by atoms with Gasteiger partial charge in [0.25, 0.3) is 0 Å². The van der Waals surface area contributed by atoms with Gasteiger partial charge in [-0.15, -0.1) is 0 Å². The maximum Gasteiger partial charge on any atom is 0.0705 e. The highest BCUT2D eigenvalue weighted by atomic mass is 14.7. The molecule has 1 unspecified atom stereocenters. The van der Waals surface area contributed by atoms with E-state index in [-0.39, 0.29) is 6.04 Å². The molecule has 3 aromatic rings. The topological polar surface area (TPSA) is 51.8 Å². The summed E-state index contributed by atoms with van der Waals surface area (Å²) in [6, 6.07) is 13.7. The van der Waals surface area contributed by atoms with Gasteiger partial charge in [-0.3, -0.25) is 9.97 Å². The summed E-state index contributed by atoms with van der Waals surface area (Å²) in [7, 11) is 0. The molecule has 0 saturated carbocycles. The van der Waals surface area contributed by atoms with Crippen molar-refractivity contribution in [1.82, 2.24) is 9.97 Å². The molecule has 3 rings (SSSR count). The molecule has 2 heterocycles. The lowest BCUT2D eigenvalue weighted by Crippen LogP contribution is -2.12. The fourth-order valence-corrected chi connectivity index (χ4v) is 2.13. The summed E-state index contributed by atoms with van der Waals surface area (Å²) in [5.74, 6) is 0. The number of fused-ring (bicyclic) bond motifs is 1. The van der Waals surface area contributed by atoms with Crippen molar-refractivity contribution in [2.24, 2.45) is 5.73 Å². The SMILES string of the molecule is NC(c1cccnc1)c1ccnc2ccccc12. The second-order valence-corrected chi connectivity index (χ2v) is 4.18. The Morgan fingerprint density at radius 1 is 0.944 bits per heavy atom. The molecule has 2 N–H and O–H groups in total. The lowest BCUT2D eigenvalue weighted by molar-refractivity contribution is 0.870. The van der Waals surface area contributed by atoms with Gasteiger partial charge in [0.2, 0.25) is 0 Å². The van der Waals surface area contributed by atoms with Gasteiger partial charge in [-0.2, -0.15) is 0 Å². The minimum absolute atomic E-state index is 0.174. The summed E-state index contributed by atoms with van der Waals surface area (Å²) >= 11 is 0. The molecule has 3 nitrogen and oxygen atoms in total. The molecular weight excluding hydrogens is 222 g/mol. The van der Waals surface area contributed by atoms with E-state index in [1.54, 1.807) is 18.6 Å². The van der Waals surface area contributed by atoms with E-state index in [1.807, 2.05) is 42.5 Å². The van der Waals surface area contributed by atoms with Crippen LogP contribution in [0, 0.1) is 0 Å². The summed E-state index contributed by atoms with van der Waals surface area (Å²) in [6.45, 7) is 0. The number of nitrogens with two attached hydrogens (primary N) is 1. The smallest absolute Gasteiger partial charge is 0.0705 e. The number of aromatic nitrogens is 2.